The molecular formula is C28H28Cl2SSiZr+4. The fourth-order valence-corrected chi connectivity index (χ4v) is 5.38. The molecule has 3 aromatic rings. The SMILES string of the molecule is CC1=Cc2ccc3ccccc3c2C1.CC1C=c2ccc3c(c2S1)C=CC=3.C[Si+2]C.[Cl-].[Cl-].[Zr+4]. The Bertz CT molecular complexity index is 1280. The predicted octanol–water partition coefficient (Wildman–Crippen LogP) is 0.360. The van der Waals surface area contributed by atoms with Crippen LogP contribution in [0.3, 0.4) is 0 Å². The van der Waals surface area contributed by atoms with Crippen LogP contribution >= 0.6 is 11.8 Å². The summed E-state index contributed by atoms with van der Waals surface area (Å²) in [7, 11) is 1.08. The number of hydrogen-bond acceptors (Lipinski definition) is 1. The van der Waals surface area contributed by atoms with Gasteiger partial charge in [0.05, 0.1) is 0 Å². The van der Waals surface area contributed by atoms with Crippen LogP contribution in [0.5, 0.6) is 0 Å². The van der Waals surface area contributed by atoms with E-state index in [-0.39, 0.29) is 51.0 Å². The van der Waals surface area contributed by atoms with Gasteiger partial charge in [-0.15, -0.1) is 11.8 Å². The normalized spacial score (nSPS) is 15.0. The van der Waals surface area contributed by atoms with Crippen molar-refractivity contribution in [3.8, 4) is 0 Å². The minimum absolute atomic E-state index is 0. The first kappa shape index (κ1) is 30.2. The summed E-state index contributed by atoms with van der Waals surface area (Å²) in [5.41, 5.74) is 5.79. The van der Waals surface area contributed by atoms with Crippen molar-refractivity contribution in [3.63, 3.8) is 0 Å². The minimum Gasteiger partial charge on any atom is -1.00 e. The molecule has 1 unspecified atom stereocenters. The number of hydrogen-bond donors (Lipinski definition) is 0. The summed E-state index contributed by atoms with van der Waals surface area (Å²) in [6.45, 7) is 8.76. The molecule has 2 aliphatic carbocycles. The maximum absolute atomic E-state index is 2.34. The summed E-state index contributed by atoms with van der Waals surface area (Å²) in [5.74, 6) is 0. The molecule has 33 heavy (non-hydrogen) atoms. The second-order valence-electron chi connectivity index (χ2n) is 8.02. The third-order valence-electron chi connectivity index (χ3n) is 5.45. The zero-order valence-corrected chi connectivity index (χ0v) is 25.2. The Labute approximate surface area is 236 Å². The molecule has 5 heteroatoms. The largest absolute Gasteiger partial charge is 4.00 e. The van der Waals surface area contributed by atoms with Gasteiger partial charge in [-0.2, -0.15) is 0 Å². The second kappa shape index (κ2) is 13.9. The molecular weight excluding hydrogens is 559 g/mol. The van der Waals surface area contributed by atoms with Crippen molar-refractivity contribution in [2.45, 2.75) is 43.5 Å². The summed E-state index contributed by atoms with van der Waals surface area (Å²) in [6, 6.07) is 17.5. The van der Waals surface area contributed by atoms with E-state index in [0.717, 1.165) is 15.9 Å². The van der Waals surface area contributed by atoms with E-state index >= 15 is 0 Å². The van der Waals surface area contributed by atoms with Crippen molar-refractivity contribution >= 4 is 56.4 Å². The molecule has 0 nitrogen and oxygen atoms in total. The fourth-order valence-electron chi connectivity index (χ4n) is 4.21. The zero-order valence-electron chi connectivity index (χ0n) is 19.5. The maximum Gasteiger partial charge on any atom is 4.00 e. The van der Waals surface area contributed by atoms with Gasteiger partial charge in [0.2, 0.25) is 13.1 Å². The Morgan fingerprint density at radius 1 is 0.939 bits per heavy atom. The van der Waals surface area contributed by atoms with Gasteiger partial charge < -0.3 is 24.8 Å². The van der Waals surface area contributed by atoms with E-state index in [4.69, 9.17) is 0 Å². The molecule has 0 bridgehead atoms. The van der Waals surface area contributed by atoms with Crippen LogP contribution in [0.1, 0.15) is 30.5 Å². The fraction of sp³-hybridized carbons (Fsp3) is 0.214. The van der Waals surface area contributed by atoms with Crippen molar-refractivity contribution in [2.24, 2.45) is 0 Å². The van der Waals surface area contributed by atoms with Crippen molar-refractivity contribution in [1.82, 2.24) is 0 Å². The molecule has 1 atom stereocenters. The van der Waals surface area contributed by atoms with Gasteiger partial charge in [0.15, 0.2) is 0 Å². The summed E-state index contributed by atoms with van der Waals surface area (Å²) in [6.07, 6.45) is 12.3. The molecule has 1 aliphatic heterocycles. The summed E-state index contributed by atoms with van der Waals surface area (Å²) >= 11 is 1.97. The van der Waals surface area contributed by atoms with E-state index in [0.29, 0.717) is 5.25 Å². The average Bonchev–Trinajstić information content (AvgIpc) is 3.45. The van der Waals surface area contributed by atoms with Crippen LogP contribution in [-0.2, 0) is 32.6 Å². The van der Waals surface area contributed by atoms with E-state index in [1.54, 1.807) is 0 Å². The maximum atomic E-state index is 2.34. The standard InChI is InChI=1S/C14H12.C12H10S.C2H6Si.2ClH.Zr/c1-10-8-12-7-6-11-4-2-3-5-13(11)14(12)9-10;1-8-7-10-6-5-9-3-2-4-11(9)12(10)13-8;1-3-2;;;/h2-8H,9H2,1H3;2-8H,1H3;1-2H3;2*1H;/q;;+2;;;+4/p-2. The molecule has 0 N–H and O–H groups in total. The van der Waals surface area contributed by atoms with Crippen molar-refractivity contribution in [1.29, 1.82) is 0 Å². The van der Waals surface area contributed by atoms with Gasteiger partial charge in [-0.25, -0.2) is 0 Å². The Morgan fingerprint density at radius 2 is 1.64 bits per heavy atom. The van der Waals surface area contributed by atoms with E-state index in [1.165, 1.54) is 48.4 Å². The second-order valence-corrected chi connectivity index (χ2v) is 10.4. The first-order chi connectivity index (χ1) is 14.6. The Balaban J connectivity index is 0.000000274. The predicted molar refractivity (Wildman–Crippen MR) is 138 cm³/mol. The Hall–Kier alpha value is -0.830. The third-order valence-corrected chi connectivity index (χ3v) is 6.65. The number of thioether (sulfide) groups is 1. The Morgan fingerprint density at radius 3 is 2.39 bits per heavy atom. The van der Waals surface area contributed by atoms with Gasteiger partial charge >= 0.3 is 35.7 Å². The van der Waals surface area contributed by atoms with E-state index < -0.39 is 0 Å². The van der Waals surface area contributed by atoms with Crippen LogP contribution in [0.2, 0.25) is 13.1 Å². The number of allylic oxidation sites excluding steroid dienone is 2. The van der Waals surface area contributed by atoms with E-state index in [1.807, 2.05) is 11.8 Å². The minimum atomic E-state index is 0. The zero-order chi connectivity index (χ0) is 21.1. The van der Waals surface area contributed by atoms with Gasteiger partial charge in [0.1, 0.15) is 0 Å². The number of halogens is 2. The monoisotopic (exact) mass is 584 g/mol. The molecule has 0 saturated heterocycles. The van der Waals surface area contributed by atoms with Crippen LogP contribution in [0.15, 0.2) is 65.1 Å². The Kier molecular flexibility index (Phi) is 12.7. The molecule has 164 valence electrons. The summed E-state index contributed by atoms with van der Waals surface area (Å²) in [5, 5.41) is 6.19. The van der Waals surface area contributed by atoms with Gasteiger partial charge in [-0.1, -0.05) is 84.5 Å². The molecule has 1 heterocycles. The van der Waals surface area contributed by atoms with E-state index in [9.17, 15) is 0 Å². The summed E-state index contributed by atoms with van der Waals surface area (Å²) < 4.78 is 0. The van der Waals surface area contributed by atoms with Gasteiger partial charge in [-0.05, 0) is 58.2 Å². The molecule has 3 aliphatic rings. The van der Waals surface area contributed by atoms with Crippen molar-refractivity contribution in [2.75, 3.05) is 0 Å². The topological polar surface area (TPSA) is 0 Å². The van der Waals surface area contributed by atoms with Crippen LogP contribution in [-0.4, -0.2) is 14.8 Å². The van der Waals surface area contributed by atoms with Crippen molar-refractivity contribution < 1.29 is 51.0 Å². The van der Waals surface area contributed by atoms with Crippen LogP contribution in [0.25, 0.3) is 35.1 Å². The average molecular weight is 587 g/mol. The van der Waals surface area contributed by atoms with Crippen LogP contribution < -0.4 is 35.3 Å². The van der Waals surface area contributed by atoms with Crippen LogP contribution in [0.4, 0.5) is 0 Å². The van der Waals surface area contributed by atoms with Gasteiger partial charge in [0, 0.05) is 10.1 Å². The van der Waals surface area contributed by atoms with E-state index in [2.05, 4.69) is 106 Å². The molecule has 0 amide bonds. The first-order valence-corrected chi connectivity index (χ1v) is 13.4. The number of rotatable bonds is 0. The molecule has 0 fully saturated rings. The van der Waals surface area contributed by atoms with Crippen LogP contribution in [0, 0.1) is 0 Å². The van der Waals surface area contributed by atoms with Crippen molar-refractivity contribution in [3.05, 3.63) is 87.3 Å². The first-order valence-electron chi connectivity index (χ1n) is 10.6. The quantitative estimate of drug-likeness (QED) is 0.343. The number of benzene rings is 3. The molecule has 0 spiro atoms. The molecule has 3 aromatic carbocycles. The third kappa shape index (κ3) is 6.86. The van der Waals surface area contributed by atoms with Gasteiger partial charge in [-0.3, -0.25) is 0 Å². The molecule has 0 aromatic heterocycles. The van der Waals surface area contributed by atoms with Gasteiger partial charge in [0.25, 0.3) is 0 Å². The number of fused-ring (bicyclic) bond motifs is 6. The summed E-state index contributed by atoms with van der Waals surface area (Å²) in [4.78, 5) is 1.47. The smallest absolute Gasteiger partial charge is 1.00 e. The molecule has 6 rings (SSSR count). The molecule has 0 saturated carbocycles. The molecule has 0 radical (unpaired) electrons.